The van der Waals surface area contributed by atoms with E-state index in [1.165, 1.54) is 6.07 Å². The van der Waals surface area contributed by atoms with Crippen molar-refractivity contribution < 1.29 is 9.50 Å². The molecule has 0 aliphatic carbocycles. The molecule has 1 aliphatic heterocycles. The Hall–Kier alpha value is -0.250. The van der Waals surface area contributed by atoms with Gasteiger partial charge in [0, 0.05) is 16.3 Å². The quantitative estimate of drug-likeness (QED) is 0.742. The van der Waals surface area contributed by atoms with Gasteiger partial charge in [0.1, 0.15) is 5.82 Å². The van der Waals surface area contributed by atoms with Gasteiger partial charge in [-0.15, -0.1) is 0 Å². The summed E-state index contributed by atoms with van der Waals surface area (Å²) in [4.78, 5) is 0. The van der Waals surface area contributed by atoms with Gasteiger partial charge in [0.05, 0.1) is 6.10 Å². The standard InChI is InChI=1S/C10H10ClFOS/c11-6-3-7-8(9(12)4-6)5-14-2-1-10(7)13/h3-4,10,13H,1-2,5H2/t10-/m0/s1. The molecule has 0 bridgehead atoms. The van der Waals surface area contributed by atoms with Crippen LogP contribution in [0.25, 0.3) is 0 Å². The summed E-state index contributed by atoms with van der Waals surface area (Å²) in [7, 11) is 0. The highest BCUT2D eigenvalue weighted by atomic mass is 35.5. The van der Waals surface area contributed by atoms with Crippen LogP contribution in [0.15, 0.2) is 12.1 Å². The molecule has 1 atom stereocenters. The summed E-state index contributed by atoms with van der Waals surface area (Å²) >= 11 is 7.38. The van der Waals surface area contributed by atoms with E-state index in [9.17, 15) is 9.50 Å². The normalized spacial score (nSPS) is 21.5. The highest BCUT2D eigenvalue weighted by Gasteiger charge is 2.20. The molecule has 0 saturated carbocycles. The Morgan fingerprint density at radius 2 is 2.29 bits per heavy atom. The second kappa shape index (κ2) is 4.09. The Labute approximate surface area is 91.3 Å². The Morgan fingerprint density at radius 1 is 1.50 bits per heavy atom. The van der Waals surface area contributed by atoms with Crippen molar-refractivity contribution >= 4 is 23.4 Å². The molecule has 0 aromatic heterocycles. The van der Waals surface area contributed by atoms with E-state index in [2.05, 4.69) is 0 Å². The fourth-order valence-electron chi connectivity index (χ4n) is 1.60. The van der Waals surface area contributed by atoms with Gasteiger partial charge in [0.25, 0.3) is 0 Å². The summed E-state index contributed by atoms with van der Waals surface area (Å²) < 4.78 is 13.5. The van der Waals surface area contributed by atoms with E-state index in [0.717, 1.165) is 5.75 Å². The minimum atomic E-state index is -0.576. The Balaban J connectivity index is 2.53. The van der Waals surface area contributed by atoms with Crippen LogP contribution in [-0.4, -0.2) is 10.9 Å². The van der Waals surface area contributed by atoms with Crippen molar-refractivity contribution in [3.05, 3.63) is 34.1 Å². The predicted octanol–water partition coefficient (Wildman–Crippen LogP) is 3.15. The zero-order chi connectivity index (χ0) is 10.1. The summed E-state index contributed by atoms with van der Waals surface area (Å²) in [5.74, 6) is 1.17. The first-order chi connectivity index (χ1) is 6.68. The van der Waals surface area contributed by atoms with Crippen molar-refractivity contribution in [2.45, 2.75) is 18.3 Å². The van der Waals surface area contributed by atoms with Gasteiger partial charge in [0.2, 0.25) is 0 Å². The van der Waals surface area contributed by atoms with Gasteiger partial charge in [0.15, 0.2) is 0 Å². The third-order valence-corrected chi connectivity index (χ3v) is 3.57. The number of fused-ring (bicyclic) bond motifs is 1. The summed E-state index contributed by atoms with van der Waals surface area (Å²) in [6, 6.07) is 2.97. The van der Waals surface area contributed by atoms with Gasteiger partial charge in [-0.3, -0.25) is 0 Å². The molecule has 0 saturated heterocycles. The average molecular weight is 233 g/mol. The molecule has 0 spiro atoms. The molecule has 0 radical (unpaired) electrons. The Kier molecular flexibility index (Phi) is 3.00. The van der Waals surface area contributed by atoms with E-state index in [-0.39, 0.29) is 5.82 Å². The fraction of sp³-hybridized carbons (Fsp3) is 0.400. The molecule has 14 heavy (non-hydrogen) atoms. The van der Waals surface area contributed by atoms with Crippen LogP contribution in [0.5, 0.6) is 0 Å². The maximum atomic E-state index is 13.5. The molecule has 0 unspecified atom stereocenters. The third-order valence-electron chi connectivity index (χ3n) is 2.34. The third kappa shape index (κ3) is 1.90. The van der Waals surface area contributed by atoms with Crippen LogP contribution in [0, 0.1) is 5.82 Å². The number of hydrogen-bond acceptors (Lipinski definition) is 2. The van der Waals surface area contributed by atoms with Crippen molar-refractivity contribution in [2.24, 2.45) is 0 Å². The summed E-state index contributed by atoms with van der Waals surface area (Å²) in [6.45, 7) is 0. The van der Waals surface area contributed by atoms with E-state index < -0.39 is 6.10 Å². The number of benzene rings is 1. The van der Waals surface area contributed by atoms with Crippen LogP contribution in [0.1, 0.15) is 23.7 Å². The summed E-state index contributed by atoms with van der Waals surface area (Å²) in [5, 5.41) is 10.1. The van der Waals surface area contributed by atoms with Gasteiger partial charge < -0.3 is 5.11 Å². The highest BCUT2D eigenvalue weighted by molar-refractivity contribution is 7.98. The Morgan fingerprint density at radius 3 is 3.07 bits per heavy atom. The zero-order valence-electron chi connectivity index (χ0n) is 7.46. The molecule has 1 aliphatic rings. The first kappa shape index (κ1) is 10.3. The molecule has 0 fully saturated rings. The maximum Gasteiger partial charge on any atom is 0.129 e. The topological polar surface area (TPSA) is 20.2 Å². The van der Waals surface area contributed by atoms with Gasteiger partial charge >= 0.3 is 0 Å². The van der Waals surface area contributed by atoms with Crippen LogP contribution in [0.4, 0.5) is 4.39 Å². The van der Waals surface area contributed by atoms with Crippen molar-refractivity contribution in [3.63, 3.8) is 0 Å². The monoisotopic (exact) mass is 232 g/mol. The first-order valence-electron chi connectivity index (χ1n) is 4.42. The molecule has 1 N–H and O–H groups in total. The average Bonchev–Trinajstić information content (AvgIpc) is 2.29. The predicted molar refractivity (Wildman–Crippen MR) is 57.1 cm³/mol. The number of hydrogen-bond donors (Lipinski definition) is 1. The van der Waals surface area contributed by atoms with Crippen LogP contribution in [0.2, 0.25) is 5.02 Å². The Bertz CT molecular complexity index is 356. The van der Waals surface area contributed by atoms with Gasteiger partial charge in [-0.2, -0.15) is 11.8 Å². The second-order valence-electron chi connectivity index (χ2n) is 3.31. The van der Waals surface area contributed by atoms with E-state index in [1.54, 1.807) is 17.8 Å². The number of aliphatic hydroxyl groups is 1. The van der Waals surface area contributed by atoms with Crippen molar-refractivity contribution in [3.8, 4) is 0 Å². The SMILES string of the molecule is O[C@H]1CCSCc2c(F)cc(Cl)cc21. The highest BCUT2D eigenvalue weighted by Crippen LogP contribution is 2.33. The van der Waals surface area contributed by atoms with Crippen LogP contribution in [-0.2, 0) is 5.75 Å². The molecule has 2 rings (SSSR count). The van der Waals surface area contributed by atoms with E-state index in [0.29, 0.717) is 28.3 Å². The molecular weight excluding hydrogens is 223 g/mol. The number of thioether (sulfide) groups is 1. The van der Waals surface area contributed by atoms with Gasteiger partial charge in [-0.1, -0.05) is 11.6 Å². The molecule has 1 heterocycles. The minimum absolute atomic E-state index is 0.305. The number of rotatable bonds is 0. The second-order valence-corrected chi connectivity index (χ2v) is 4.85. The van der Waals surface area contributed by atoms with Crippen molar-refractivity contribution in [2.75, 3.05) is 5.75 Å². The zero-order valence-corrected chi connectivity index (χ0v) is 9.04. The molecule has 1 aromatic carbocycles. The first-order valence-corrected chi connectivity index (χ1v) is 5.95. The molecular formula is C10H10ClFOS. The van der Waals surface area contributed by atoms with Crippen LogP contribution < -0.4 is 0 Å². The molecule has 1 nitrogen and oxygen atoms in total. The van der Waals surface area contributed by atoms with Gasteiger partial charge in [-0.05, 0) is 29.9 Å². The maximum absolute atomic E-state index is 13.5. The fourth-order valence-corrected chi connectivity index (χ4v) is 2.85. The summed E-state index contributed by atoms with van der Waals surface area (Å²) in [6.07, 6.45) is 0.0884. The van der Waals surface area contributed by atoms with E-state index in [1.807, 2.05) is 0 Å². The lowest BCUT2D eigenvalue weighted by Crippen LogP contribution is -2.01. The van der Waals surface area contributed by atoms with E-state index in [4.69, 9.17) is 11.6 Å². The minimum Gasteiger partial charge on any atom is -0.388 e. The van der Waals surface area contributed by atoms with E-state index >= 15 is 0 Å². The molecule has 0 amide bonds. The largest absolute Gasteiger partial charge is 0.388 e. The molecule has 4 heteroatoms. The lowest BCUT2D eigenvalue weighted by molar-refractivity contribution is 0.174. The number of aliphatic hydroxyl groups excluding tert-OH is 1. The molecule has 76 valence electrons. The smallest absolute Gasteiger partial charge is 0.129 e. The van der Waals surface area contributed by atoms with Crippen LogP contribution in [0.3, 0.4) is 0 Å². The lowest BCUT2D eigenvalue weighted by Gasteiger charge is -2.12. The van der Waals surface area contributed by atoms with Gasteiger partial charge in [-0.25, -0.2) is 4.39 Å². The van der Waals surface area contributed by atoms with Crippen molar-refractivity contribution in [1.82, 2.24) is 0 Å². The lowest BCUT2D eigenvalue weighted by atomic mass is 10.0. The molecule has 1 aromatic rings. The summed E-state index contributed by atoms with van der Waals surface area (Å²) in [5.41, 5.74) is 1.25. The van der Waals surface area contributed by atoms with Crippen LogP contribution >= 0.6 is 23.4 Å². The number of halogens is 2. The van der Waals surface area contributed by atoms with Crippen molar-refractivity contribution in [1.29, 1.82) is 0 Å².